The minimum atomic E-state index is -0.528. The molecule has 0 aliphatic rings. The molecule has 0 atom stereocenters. The minimum absolute atomic E-state index is 0.0710. The first kappa shape index (κ1) is 18.9. The van der Waals surface area contributed by atoms with E-state index in [0.29, 0.717) is 29.5 Å². The van der Waals surface area contributed by atoms with Crippen LogP contribution in [0.2, 0.25) is 0 Å². The molecule has 0 saturated heterocycles. The Hall–Kier alpha value is -3.88. The Morgan fingerprint density at radius 2 is 1.68 bits per heavy atom. The van der Waals surface area contributed by atoms with Crippen molar-refractivity contribution in [3.8, 4) is 11.5 Å². The Balaban J connectivity index is 1.89. The van der Waals surface area contributed by atoms with E-state index in [-0.39, 0.29) is 17.3 Å². The first-order valence-electron chi connectivity index (χ1n) is 8.51. The van der Waals surface area contributed by atoms with E-state index in [4.69, 9.17) is 9.47 Å². The van der Waals surface area contributed by atoms with Gasteiger partial charge in [0.25, 0.3) is 0 Å². The van der Waals surface area contributed by atoms with Gasteiger partial charge < -0.3 is 20.1 Å². The van der Waals surface area contributed by atoms with Crippen molar-refractivity contribution in [2.45, 2.75) is 6.92 Å². The van der Waals surface area contributed by atoms with Crippen molar-refractivity contribution in [2.75, 3.05) is 24.4 Å². The Morgan fingerprint density at radius 1 is 1.00 bits per heavy atom. The fourth-order valence-corrected chi connectivity index (χ4v) is 2.51. The van der Waals surface area contributed by atoms with E-state index in [0.717, 1.165) is 0 Å². The molecule has 3 rings (SSSR count). The Labute approximate surface area is 161 Å². The van der Waals surface area contributed by atoms with Crippen LogP contribution in [0, 0.1) is 10.1 Å². The molecule has 28 heavy (non-hydrogen) atoms. The van der Waals surface area contributed by atoms with Gasteiger partial charge in [0.05, 0.1) is 18.6 Å². The highest BCUT2D eigenvalue weighted by molar-refractivity contribution is 5.77. The molecule has 9 heteroatoms. The van der Waals surface area contributed by atoms with Gasteiger partial charge in [-0.3, -0.25) is 10.1 Å². The molecule has 0 aliphatic carbocycles. The quantitative estimate of drug-likeness (QED) is 0.439. The zero-order valence-corrected chi connectivity index (χ0v) is 15.4. The number of ether oxygens (including phenoxy) is 2. The van der Waals surface area contributed by atoms with Gasteiger partial charge in [0.1, 0.15) is 17.8 Å². The van der Waals surface area contributed by atoms with Crippen molar-refractivity contribution in [3.63, 3.8) is 0 Å². The van der Waals surface area contributed by atoms with Crippen LogP contribution in [0.3, 0.4) is 0 Å². The van der Waals surface area contributed by atoms with Crippen LogP contribution in [0.4, 0.5) is 28.7 Å². The topological polar surface area (TPSA) is 111 Å². The fraction of sp³-hybridized carbons (Fsp3) is 0.158. The van der Waals surface area contributed by atoms with E-state index in [2.05, 4.69) is 20.6 Å². The highest BCUT2D eigenvalue weighted by atomic mass is 16.6. The van der Waals surface area contributed by atoms with Crippen LogP contribution in [0.5, 0.6) is 11.5 Å². The number of nitro groups is 1. The van der Waals surface area contributed by atoms with Crippen LogP contribution < -0.4 is 20.1 Å². The molecule has 9 nitrogen and oxygen atoms in total. The molecule has 0 bridgehead atoms. The summed E-state index contributed by atoms with van der Waals surface area (Å²) in [6.45, 7) is 2.46. The first-order chi connectivity index (χ1) is 13.6. The first-order valence-corrected chi connectivity index (χ1v) is 8.51. The summed E-state index contributed by atoms with van der Waals surface area (Å²) in [5.74, 6) is 1.48. The van der Waals surface area contributed by atoms with E-state index < -0.39 is 4.92 Å². The van der Waals surface area contributed by atoms with Gasteiger partial charge in [-0.2, -0.15) is 0 Å². The van der Waals surface area contributed by atoms with Gasteiger partial charge in [-0.1, -0.05) is 6.07 Å². The number of nitrogens with one attached hydrogen (secondary N) is 2. The fourth-order valence-electron chi connectivity index (χ4n) is 2.51. The van der Waals surface area contributed by atoms with Crippen LogP contribution in [-0.4, -0.2) is 28.6 Å². The normalized spacial score (nSPS) is 10.2. The lowest BCUT2D eigenvalue weighted by Gasteiger charge is -2.11. The van der Waals surface area contributed by atoms with Gasteiger partial charge >= 0.3 is 5.69 Å². The maximum atomic E-state index is 11.7. The summed E-state index contributed by atoms with van der Waals surface area (Å²) >= 11 is 0. The van der Waals surface area contributed by atoms with E-state index in [1.54, 1.807) is 55.6 Å². The number of methoxy groups -OCH3 is 1. The number of rotatable bonds is 8. The van der Waals surface area contributed by atoms with Gasteiger partial charge in [-0.15, -0.1) is 0 Å². The smallest absolute Gasteiger partial charge is 0.353 e. The largest absolute Gasteiger partial charge is 0.497 e. The van der Waals surface area contributed by atoms with Crippen LogP contribution in [0.1, 0.15) is 6.92 Å². The van der Waals surface area contributed by atoms with Crippen LogP contribution in [-0.2, 0) is 0 Å². The van der Waals surface area contributed by atoms with Gasteiger partial charge in [-0.05, 0) is 43.3 Å². The standard InChI is InChI=1S/C19H19N5O4/c1-3-28-15-9-7-13(8-10-15)22-18-17(24(25)26)19(21-12-20-18)23-14-5-4-6-16(11-14)27-2/h4-12H,3H2,1-2H3,(H2,20,21,22,23). The summed E-state index contributed by atoms with van der Waals surface area (Å²) in [5.41, 5.74) is 0.977. The van der Waals surface area contributed by atoms with Crippen LogP contribution in [0.25, 0.3) is 0 Å². The summed E-state index contributed by atoms with van der Waals surface area (Å²) in [4.78, 5) is 19.2. The molecule has 0 fully saturated rings. The summed E-state index contributed by atoms with van der Waals surface area (Å²) < 4.78 is 10.6. The number of hydrogen-bond acceptors (Lipinski definition) is 8. The number of nitrogens with zero attached hydrogens (tertiary/aromatic N) is 3. The van der Waals surface area contributed by atoms with Gasteiger partial charge in [0.15, 0.2) is 0 Å². The maximum absolute atomic E-state index is 11.7. The summed E-state index contributed by atoms with van der Waals surface area (Å²) in [7, 11) is 1.55. The molecule has 144 valence electrons. The minimum Gasteiger partial charge on any atom is -0.497 e. The third-order valence-electron chi connectivity index (χ3n) is 3.77. The van der Waals surface area contributed by atoms with Crippen LogP contribution in [0.15, 0.2) is 54.9 Å². The molecule has 0 saturated carbocycles. The SMILES string of the molecule is CCOc1ccc(Nc2ncnc(Nc3cccc(OC)c3)c2[N+](=O)[O-])cc1. The number of aromatic nitrogens is 2. The van der Waals surface area contributed by atoms with E-state index in [1.807, 2.05) is 6.92 Å². The summed E-state index contributed by atoms with van der Waals surface area (Å²) in [6, 6.07) is 14.1. The molecule has 1 heterocycles. The van der Waals surface area contributed by atoms with Crippen molar-refractivity contribution in [2.24, 2.45) is 0 Å². The number of benzene rings is 2. The van der Waals surface area contributed by atoms with E-state index in [9.17, 15) is 10.1 Å². The maximum Gasteiger partial charge on any atom is 0.353 e. The van der Waals surface area contributed by atoms with Gasteiger partial charge in [-0.25, -0.2) is 9.97 Å². The van der Waals surface area contributed by atoms with E-state index >= 15 is 0 Å². The van der Waals surface area contributed by atoms with Gasteiger partial charge in [0.2, 0.25) is 11.6 Å². The Morgan fingerprint density at radius 3 is 2.29 bits per heavy atom. The number of anilines is 4. The molecule has 0 unspecified atom stereocenters. The second-order valence-corrected chi connectivity index (χ2v) is 5.62. The van der Waals surface area contributed by atoms with Crippen molar-refractivity contribution in [3.05, 3.63) is 65.0 Å². The number of hydrogen-bond donors (Lipinski definition) is 2. The zero-order valence-electron chi connectivity index (χ0n) is 15.4. The molecule has 0 radical (unpaired) electrons. The van der Waals surface area contributed by atoms with E-state index in [1.165, 1.54) is 6.33 Å². The average molecular weight is 381 g/mol. The van der Waals surface area contributed by atoms with Crippen molar-refractivity contribution < 1.29 is 14.4 Å². The Bertz CT molecular complexity index is 963. The third-order valence-corrected chi connectivity index (χ3v) is 3.77. The molecular formula is C19H19N5O4. The molecule has 0 amide bonds. The lowest BCUT2D eigenvalue weighted by atomic mass is 10.3. The van der Waals surface area contributed by atoms with Crippen molar-refractivity contribution >= 4 is 28.7 Å². The van der Waals surface area contributed by atoms with Gasteiger partial charge in [0, 0.05) is 17.4 Å². The molecular weight excluding hydrogens is 362 g/mol. The third kappa shape index (κ3) is 4.44. The van der Waals surface area contributed by atoms with Crippen molar-refractivity contribution in [1.82, 2.24) is 9.97 Å². The predicted molar refractivity (Wildman–Crippen MR) is 106 cm³/mol. The van der Waals surface area contributed by atoms with Crippen LogP contribution >= 0.6 is 0 Å². The molecule has 0 spiro atoms. The second-order valence-electron chi connectivity index (χ2n) is 5.62. The average Bonchev–Trinajstić information content (AvgIpc) is 2.70. The highest BCUT2D eigenvalue weighted by Gasteiger charge is 2.23. The highest BCUT2D eigenvalue weighted by Crippen LogP contribution is 2.33. The Kier molecular flexibility index (Phi) is 5.85. The lowest BCUT2D eigenvalue weighted by molar-refractivity contribution is -0.383. The molecule has 0 aliphatic heterocycles. The zero-order chi connectivity index (χ0) is 19.9. The molecule has 1 aromatic heterocycles. The van der Waals surface area contributed by atoms with Crippen molar-refractivity contribution in [1.29, 1.82) is 0 Å². The lowest BCUT2D eigenvalue weighted by Crippen LogP contribution is -2.05. The summed E-state index contributed by atoms with van der Waals surface area (Å²) in [5, 5.41) is 17.6. The summed E-state index contributed by atoms with van der Waals surface area (Å²) in [6.07, 6.45) is 1.26. The monoisotopic (exact) mass is 381 g/mol. The molecule has 3 aromatic rings. The molecule has 2 N–H and O–H groups in total. The predicted octanol–water partition coefficient (Wildman–Crippen LogP) is 4.28. The molecule has 2 aromatic carbocycles. The second kappa shape index (κ2) is 8.67.